The van der Waals surface area contributed by atoms with E-state index in [2.05, 4.69) is 0 Å². The van der Waals surface area contributed by atoms with E-state index in [9.17, 15) is 4.79 Å². The average molecular weight is 204 g/mol. The van der Waals surface area contributed by atoms with E-state index in [1.165, 1.54) is 0 Å². The molecular formula is C12H16N2O. The largest absolute Gasteiger partial charge is 0.338 e. The maximum absolute atomic E-state index is 12.0. The molecule has 1 aromatic rings. The number of amides is 1. The zero-order valence-corrected chi connectivity index (χ0v) is 8.94. The zero-order chi connectivity index (χ0) is 10.8. The Kier molecular flexibility index (Phi) is 2.73. The molecule has 0 spiro atoms. The van der Waals surface area contributed by atoms with E-state index in [1.54, 1.807) is 0 Å². The van der Waals surface area contributed by atoms with Gasteiger partial charge in [-0.15, -0.1) is 0 Å². The van der Waals surface area contributed by atoms with Gasteiger partial charge in [0.15, 0.2) is 0 Å². The summed E-state index contributed by atoms with van der Waals surface area (Å²) in [5, 5.41) is 0. The topological polar surface area (TPSA) is 46.3 Å². The molecule has 0 bridgehead atoms. The van der Waals surface area contributed by atoms with Crippen molar-refractivity contribution in [1.29, 1.82) is 0 Å². The second-order valence-corrected chi connectivity index (χ2v) is 3.86. The summed E-state index contributed by atoms with van der Waals surface area (Å²) in [5.41, 5.74) is 7.67. The van der Waals surface area contributed by atoms with Crippen molar-refractivity contribution in [2.75, 3.05) is 19.6 Å². The molecule has 1 aromatic carbocycles. The fraction of sp³-hybridized carbons (Fsp3) is 0.417. The lowest BCUT2D eigenvalue weighted by atomic mass is 9.89. The number of benzene rings is 1. The first kappa shape index (κ1) is 10.2. The molecule has 2 rings (SSSR count). The molecule has 15 heavy (non-hydrogen) atoms. The molecule has 0 aliphatic carbocycles. The molecule has 0 radical (unpaired) electrons. The third-order valence-electron chi connectivity index (χ3n) is 3.03. The van der Waals surface area contributed by atoms with Gasteiger partial charge in [0.05, 0.1) is 0 Å². The molecule has 1 atom stereocenters. The van der Waals surface area contributed by atoms with E-state index in [-0.39, 0.29) is 5.91 Å². The van der Waals surface area contributed by atoms with E-state index in [0.29, 0.717) is 12.5 Å². The summed E-state index contributed by atoms with van der Waals surface area (Å²) in [4.78, 5) is 13.9. The highest BCUT2D eigenvalue weighted by Gasteiger charge is 2.28. The predicted octanol–water partition coefficient (Wildman–Crippen LogP) is 1.20. The minimum absolute atomic E-state index is 0.137. The monoisotopic (exact) mass is 204 g/mol. The SMILES string of the molecule is CCN1CC(CN)c2ccccc2C1=O. The van der Waals surface area contributed by atoms with Crippen molar-refractivity contribution in [1.82, 2.24) is 4.90 Å². The van der Waals surface area contributed by atoms with E-state index in [1.807, 2.05) is 36.1 Å². The van der Waals surface area contributed by atoms with Crippen LogP contribution in [0.3, 0.4) is 0 Å². The minimum Gasteiger partial charge on any atom is -0.338 e. The van der Waals surface area contributed by atoms with Crippen molar-refractivity contribution < 1.29 is 4.79 Å². The van der Waals surface area contributed by atoms with Crippen LogP contribution in [0.1, 0.15) is 28.8 Å². The van der Waals surface area contributed by atoms with Crippen LogP contribution in [-0.2, 0) is 0 Å². The molecule has 1 aliphatic rings. The minimum atomic E-state index is 0.137. The zero-order valence-electron chi connectivity index (χ0n) is 8.94. The van der Waals surface area contributed by atoms with Gasteiger partial charge >= 0.3 is 0 Å². The Balaban J connectivity index is 2.44. The van der Waals surface area contributed by atoms with Crippen LogP contribution in [0.4, 0.5) is 0 Å². The highest BCUT2D eigenvalue weighted by molar-refractivity contribution is 5.97. The summed E-state index contributed by atoms with van der Waals surface area (Å²) < 4.78 is 0. The number of nitrogens with zero attached hydrogens (tertiary/aromatic N) is 1. The molecule has 2 N–H and O–H groups in total. The van der Waals surface area contributed by atoms with Gasteiger partial charge in [0.2, 0.25) is 0 Å². The summed E-state index contributed by atoms with van der Waals surface area (Å²) in [5.74, 6) is 0.427. The Bertz CT molecular complexity index is 376. The van der Waals surface area contributed by atoms with Crippen LogP contribution < -0.4 is 5.73 Å². The van der Waals surface area contributed by atoms with Crippen LogP contribution in [0.25, 0.3) is 0 Å². The normalized spacial score (nSPS) is 20.3. The molecule has 1 aliphatic heterocycles. The van der Waals surface area contributed by atoms with Crippen LogP contribution >= 0.6 is 0 Å². The fourth-order valence-electron chi connectivity index (χ4n) is 2.14. The van der Waals surface area contributed by atoms with Gasteiger partial charge in [-0.05, 0) is 18.6 Å². The van der Waals surface area contributed by atoms with Crippen molar-refractivity contribution in [3.05, 3.63) is 35.4 Å². The van der Waals surface area contributed by atoms with E-state index in [4.69, 9.17) is 5.73 Å². The summed E-state index contributed by atoms with van der Waals surface area (Å²) in [6.07, 6.45) is 0. The van der Waals surface area contributed by atoms with Crippen molar-refractivity contribution in [3.8, 4) is 0 Å². The number of likely N-dealkylation sites (N-methyl/N-ethyl adjacent to an activating group) is 1. The number of carbonyl (C=O) groups excluding carboxylic acids is 1. The lowest BCUT2D eigenvalue weighted by Crippen LogP contribution is -2.41. The van der Waals surface area contributed by atoms with Gasteiger partial charge < -0.3 is 10.6 Å². The van der Waals surface area contributed by atoms with Crippen LogP contribution in [0.5, 0.6) is 0 Å². The summed E-state index contributed by atoms with van der Waals surface area (Å²) in [6.45, 7) is 4.10. The Labute approximate surface area is 89.9 Å². The van der Waals surface area contributed by atoms with Gasteiger partial charge in [0.25, 0.3) is 5.91 Å². The maximum atomic E-state index is 12.0. The predicted molar refractivity (Wildman–Crippen MR) is 59.8 cm³/mol. The number of nitrogens with two attached hydrogens (primary N) is 1. The Hall–Kier alpha value is -1.35. The van der Waals surface area contributed by atoms with Gasteiger partial charge in [0, 0.05) is 31.1 Å². The lowest BCUT2D eigenvalue weighted by Gasteiger charge is -2.33. The highest BCUT2D eigenvalue weighted by Crippen LogP contribution is 2.26. The number of carbonyl (C=O) groups is 1. The van der Waals surface area contributed by atoms with Crippen LogP contribution in [-0.4, -0.2) is 30.4 Å². The second kappa shape index (κ2) is 4.03. The van der Waals surface area contributed by atoms with Gasteiger partial charge in [-0.3, -0.25) is 4.79 Å². The van der Waals surface area contributed by atoms with Gasteiger partial charge in [-0.25, -0.2) is 0 Å². The molecule has 3 heteroatoms. The second-order valence-electron chi connectivity index (χ2n) is 3.86. The quantitative estimate of drug-likeness (QED) is 0.787. The summed E-state index contributed by atoms with van der Waals surface area (Å²) >= 11 is 0. The molecular weight excluding hydrogens is 188 g/mol. The van der Waals surface area contributed by atoms with Crippen LogP contribution in [0.2, 0.25) is 0 Å². The van der Waals surface area contributed by atoms with E-state index < -0.39 is 0 Å². The average Bonchev–Trinajstić information content (AvgIpc) is 2.30. The highest BCUT2D eigenvalue weighted by atomic mass is 16.2. The van der Waals surface area contributed by atoms with Gasteiger partial charge in [-0.2, -0.15) is 0 Å². The third-order valence-corrected chi connectivity index (χ3v) is 3.03. The first-order valence-corrected chi connectivity index (χ1v) is 5.36. The van der Waals surface area contributed by atoms with Crippen molar-refractivity contribution in [2.24, 2.45) is 5.73 Å². The number of hydrogen-bond donors (Lipinski definition) is 1. The molecule has 1 amide bonds. The fourth-order valence-corrected chi connectivity index (χ4v) is 2.14. The Morgan fingerprint density at radius 1 is 1.47 bits per heavy atom. The van der Waals surface area contributed by atoms with E-state index >= 15 is 0 Å². The standard InChI is InChI=1S/C12H16N2O/c1-2-14-8-9(7-13)10-5-3-4-6-11(10)12(14)15/h3-6,9H,2,7-8,13H2,1H3. The Morgan fingerprint density at radius 3 is 2.87 bits per heavy atom. The van der Waals surface area contributed by atoms with Crippen LogP contribution in [0, 0.1) is 0 Å². The molecule has 0 saturated carbocycles. The van der Waals surface area contributed by atoms with Crippen LogP contribution in [0.15, 0.2) is 24.3 Å². The Morgan fingerprint density at radius 2 is 2.20 bits per heavy atom. The maximum Gasteiger partial charge on any atom is 0.254 e. The number of hydrogen-bond acceptors (Lipinski definition) is 2. The molecule has 0 fully saturated rings. The van der Waals surface area contributed by atoms with E-state index in [0.717, 1.165) is 24.2 Å². The molecule has 1 heterocycles. The molecule has 3 nitrogen and oxygen atoms in total. The third kappa shape index (κ3) is 1.63. The summed E-state index contributed by atoms with van der Waals surface area (Å²) in [6, 6.07) is 7.78. The van der Waals surface area contributed by atoms with Gasteiger partial charge in [0.1, 0.15) is 0 Å². The van der Waals surface area contributed by atoms with Gasteiger partial charge in [-0.1, -0.05) is 18.2 Å². The molecule has 80 valence electrons. The molecule has 0 aromatic heterocycles. The van der Waals surface area contributed by atoms with Crippen molar-refractivity contribution >= 4 is 5.91 Å². The molecule has 0 saturated heterocycles. The number of fused-ring (bicyclic) bond motifs is 1. The smallest absolute Gasteiger partial charge is 0.254 e. The summed E-state index contributed by atoms with van der Waals surface area (Å²) in [7, 11) is 0. The molecule has 1 unspecified atom stereocenters. The van der Waals surface area contributed by atoms with Crippen molar-refractivity contribution in [2.45, 2.75) is 12.8 Å². The lowest BCUT2D eigenvalue weighted by molar-refractivity contribution is 0.0733. The first-order chi connectivity index (χ1) is 7.27. The number of rotatable bonds is 2. The van der Waals surface area contributed by atoms with Crippen molar-refractivity contribution in [3.63, 3.8) is 0 Å². The first-order valence-electron chi connectivity index (χ1n) is 5.36.